The summed E-state index contributed by atoms with van der Waals surface area (Å²) in [6, 6.07) is 8.58. The highest BCUT2D eigenvalue weighted by molar-refractivity contribution is 5.95. The number of aryl methyl sites for hydroxylation is 2. The minimum atomic E-state index is -0.364. The molecule has 0 bridgehead atoms. The van der Waals surface area contributed by atoms with Crippen molar-refractivity contribution in [2.24, 2.45) is 0 Å². The summed E-state index contributed by atoms with van der Waals surface area (Å²) in [5.74, 6) is -0.428. The Kier molecular flexibility index (Phi) is 4.40. The molecule has 104 valence electrons. The number of ketones is 1. The van der Waals surface area contributed by atoms with Gasteiger partial charge in [-0.2, -0.15) is 5.10 Å². The Hall–Kier alpha value is -2.30. The number of nitrogens with zero attached hydrogens (tertiary/aromatic N) is 2. The summed E-state index contributed by atoms with van der Waals surface area (Å²) in [5, 5.41) is 4.10. The van der Waals surface area contributed by atoms with Gasteiger partial charge in [0.25, 0.3) is 5.56 Å². The fourth-order valence-electron chi connectivity index (χ4n) is 1.88. The Morgan fingerprint density at radius 3 is 2.60 bits per heavy atom. The lowest BCUT2D eigenvalue weighted by molar-refractivity contribution is 0.0978. The summed E-state index contributed by atoms with van der Waals surface area (Å²) in [6.45, 7) is 2.20. The van der Waals surface area contributed by atoms with Gasteiger partial charge in [0.2, 0.25) is 0 Å². The van der Waals surface area contributed by atoms with Crippen molar-refractivity contribution in [2.45, 2.75) is 26.3 Å². The highest BCUT2D eigenvalue weighted by atomic mass is 19.1. The molecule has 0 fully saturated rings. The number of halogens is 1. The maximum absolute atomic E-state index is 12.7. The molecule has 0 radical (unpaired) electrons. The van der Waals surface area contributed by atoms with Crippen LogP contribution in [0.2, 0.25) is 0 Å². The monoisotopic (exact) mass is 274 g/mol. The van der Waals surface area contributed by atoms with Crippen molar-refractivity contribution in [3.8, 4) is 0 Å². The third-order valence-corrected chi connectivity index (χ3v) is 2.94. The fourth-order valence-corrected chi connectivity index (χ4v) is 1.88. The van der Waals surface area contributed by atoms with Crippen molar-refractivity contribution in [1.82, 2.24) is 9.78 Å². The van der Waals surface area contributed by atoms with Gasteiger partial charge in [0.15, 0.2) is 5.78 Å². The molecule has 0 atom stereocenters. The van der Waals surface area contributed by atoms with Gasteiger partial charge in [-0.15, -0.1) is 0 Å². The topological polar surface area (TPSA) is 52.0 Å². The summed E-state index contributed by atoms with van der Waals surface area (Å²) in [6.07, 6.45) is 0.820. The molecule has 1 aromatic heterocycles. The highest BCUT2D eigenvalue weighted by Crippen LogP contribution is 2.07. The molecule has 0 amide bonds. The number of Topliss-reactive ketones (excluding diaryl/α,β-unsaturated/α-hetero) is 1. The first-order valence-electron chi connectivity index (χ1n) is 6.40. The number of hydrogen-bond acceptors (Lipinski definition) is 3. The summed E-state index contributed by atoms with van der Waals surface area (Å²) in [7, 11) is 0. The Labute approximate surface area is 115 Å². The molecule has 20 heavy (non-hydrogen) atoms. The van der Waals surface area contributed by atoms with E-state index in [2.05, 4.69) is 5.10 Å². The van der Waals surface area contributed by atoms with Crippen LogP contribution in [-0.2, 0) is 6.54 Å². The predicted octanol–water partition coefficient (Wildman–Crippen LogP) is 2.35. The lowest BCUT2D eigenvalue weighted by atomic mass is 10.1. The number of rotatable bonds is 5. The molecule has 0 saturated carbocycles. The minimum absolute atomic E-state index is 0.0642. The van der Waals surface area contributed by atoms with E-state index in [9.17, 15) is 14.0 Å². The van der Waals surface area contributed by atoms with Crippen molar-refractivity contribution in [2.75, 3.05) is 0 Å². The van der Waals surface area contributed by atoms with Crippen LogP contribution in [0.1, 0.15) is 28.9 Å². The molecule has 4 nitrogen and oxygen atoms in total. The average Bonchev–Trinajstić information content (AvgIpc) is 2.43. The zero-order chi connectivity index (χ0) is 14.5. The molecular formula is C15H15FN2O2. The second kappa shape index (κ2) is 6.23. The van der Waals surface area contributed by atoms with Gasteiger partial charge in [0.05, 0.1) is 5.69 Å². The van der Waals surface area contributed by atoms with Gasteiger partial charge in [-0.1, -0.05) is 0 Å². The third kappa shape index (κ3) is 3.60. The van der Waals surface area contributed by atoms with Crippen LogP contribution in [0.15, 0.2) is 41.2 Å². The molecule has 0 saturated heterocycles. The zero-order valence-corrected chi connectivity index (χ0v) is 11.2. The van der Waals surface area contributed by atoms with Crippen LogP contribution in [0.3, 0.4) is 0 Å². The van der Waals surface area contributed by atoms with Crippen molar-refractivity contribution in [3.63, 3.8) is 0 Å². The molecular weight excluding hydrogens is 259 g/mol. The standard InChI is InChI=1S/C15H15FN2O2/c1-11-4-9-15(20)18(17-11)10-2-3-14(19)12-5-7-13(16)8-6-12/h4-9H,2-3,10H2,1H3. The van der Waals surface area contributed by atoms with Crippen LogP contribution < -0.4 is 5.56 Å². The summed E-state index contributed by atoms with van der Waals surface area (Å²) >= 11 is 0. The first kappa shape index (κ1) is 14.1. The second-order valence-electron chi connectivity index (χ2n) is 4.57. The van der Waals surface area contributed by atoms with Crippen LogP contribution in [0.25, 0.3) is 0 Å². The van der Waals surface area contributed by atoms with Gasteiger partial charge in [-0.3, -0.25) is 9.59 Å². The van der Waals surface area contributed by atoms with Crippen molar-refractivity contribution >= 4 is 5.78 Å². The van der Waals surface area contributed by atoms with E-state index in [4.69, 9.17) is 0 Å². The molecule has 0 unspecified atom stereocenters. The lowest BCUT2D eigenvalue weighted by Gasteiger charge is -2.05. The number of carbonyl (C=O) groups is 1. The van der Waals surface area contributed by atoms with Gasteiger partial charge in [0, 0.05) is 24.6 Å². The quantitative estimate of drug-likeness (QED) is 0.786. The van der Waals surface area contributed by atoms with E-state index >= 15 is 0 Å². The normalized spacial score (nSPS) is 10.5. The fraction of sp³-hybridized carbons (Fsp3) is 0.267. The van der Waals surface area contributed by atoms with E-state index in [-0.39, 0.29) is 17.2 Å². The van der Waals surface area contributed by atoms with Gasteiger partial charge in [0.1, 0.15) is 5.82 Å². The number of benzene rings is 1. The maximum atomic E-state index is 12.7. The Bertz CT molecular complexity index is 662. The van der Waals surface area contributed by atoms with Crippen LogP contribution in [0.4, 0.5) is 4.39 Å². The molecule has 0 aliphatic rings. The lowest BCUT2D eigenvalue weighted by Crippen LogP contribution is -2.22. The molecule has 0 spiro atoms. The summed E-state index contributed by atoms with van der Waals surface area (Å²) in [5.41, 5.74) is 1.07. The highest BCUT2D eigenvalue weighted by Gasteiger charge is 2.06. The zero-order valence-electron chi connectivity index (χ0n) is 11.2. The first-order valence-corrected chi connectivity index (χ1v) is 6.40. The van der Waals surface area contributed by atoms with E-state index in [1.807, 2.05) is 0 Å². The van der Waals surface area contributed by atoms with Gasteiger partial charge >= 0.3 is 0 Å². The molecule has 0 aliphatic heterocycles. The van der Waals surface area contributed by atoms with E-state index in [1.165, 1.54) is 35.0 Å². The predicted molar refractivity (Wildman–Crippen MR) is 73.2 cm³/mol. The molecule has 0 aliphatic carbocycles. The van der Waals surface area contributed by atoms with E-state index in [0.29, 0.717) is 24.9 Å². The molecule has 2 aromatic rings. The summed E-state index contributed by atoms with van der Waals surface area (Å²) < 4.78 is 14.1. The smallest absolute Gasteiger partial charge is 0.266 e. The number of carbonyl (C=O) groups excluding carboxylic acids is 1. The maximum Gasteiger partial charge on any atom is 0.266 e. The van der Waals surface area contributed by atoms with Crippen molar-refractivity contribution < 1.29 is 9.18 Å². The molecule has 0 N–H and O–H groups in total. The van der Waals surface area contributed by atoms with Gasteiger partial charge < -0.3 is 0 Å². The molecule has 2 rings (SSSR count). The third-order valence-electron chi connectivity index (χ3n) is 2.94. The Morgan fingerprint density at radius 2 is 1.90 bits per heavy atom. The summed E-state index contributed by atoms with van der Waals surface area (Å²) in [4.78, 5) is 23.4. The van der Waals surface area contributed by atoms with Crippen LogP contribution in [-0.4, -0.2) is 15.6 Å². The van der Waals surface area contributed by atoms with Crippen molar-refractivity contribution in [1.29, 1.82) is 0 Å². The SMILES string of the molecule is Cc1ccc(=O)n(CCCC(=O)c2ccc(F)cc2)n1. The van der Waals surface area contributed by atoms with E-state index in [1.54, 1.807) is 13.0 Å². The molecule has 1 heterocycles. The Morgan fingerprint density at radius 1 is 1.20 bits per heavy atom. The number of aromatic nitrogens is 2. The minimum Gasteiger partial charge on any atom is -0.294 e. The van der Waals surface area contributed by atoms with E-state index in [0.717, 1.165) is 5.69 Å². The molecule has 5 heteroatoms. The largest absolute Gasteiger partial charge is 0.294 e. The van der Waals surface area contributed by atoms with Gasteiger partial charge in [-0.25, -0.2) is 9.07 Å². The van der Waals surface area contributed by atoms with Crippen LogP contribution in [0.5, 0.6) is 0 Å². The number of hydrogen-bond donors (Lipinski definition) is 0. The molecule has 1 aromatic carbocycles. The Balaban J connectivity index is 1.92. The second-order valence-corrected chi connectivity index (χ2v) is 4.57. The first-order chi connectivity index (χ1) is 9.56. The van der Waals surface area contributed by atoms with E-state index < -0.39 is 0 Å². The van der Waals surface area contributed by atoms with Gasteiger partial charge in [-0.05, 0) is 43.7 Å². The van der Waals surface area contributed by atoms with Crippen LogP contribution in [0, 0.1) is 12.7 Å². The van der Waals surface area contributed by atoms with Crippen molar-refractivity contribution in [3.05, 3.63) is 63.8 Å². The van der Waals surface area contributed by atoms with Crippen LogP contribution >= 0.6 is 0 Å². The average molecular weight is 274 g/mol.